The van der Waals surface area contributed by atoms with E-state index < -0.39 is 0 Å². The number of nitrogens with zero attached hydrogens (tertiary/aromatic N) is 1. The number of hydrogen-bond donors (Lipinski definition) is 2. The molecule has 4 heteroatoms. The first-order valence-corrected chi connectivity index (χ1v) is 6.76. The standard InChI is InChI=1S/C13H29N3O/c1-5-16(6-2)9-7-8-15-13(17)12(14)10-11(3)4/h11-12H,5-10,14H2,1-4H3,(H,15,17)/t12-/m0/s1. The molecule has 0 aliphatic heterocycles. The minimum atomic E-state index is -0.358. The second-order valence-electron chi connectivity index (χ2n) is 4.91. The largest absolute Gasteiger partial charge is 0.355 e. The van der Waals surface area contributed by atoms with Crippen LogP contribution in [0.15, 0.2) is 0 Å². The third-order valence-electron chi connectivity index (χ3n) is 2.91. The Bertz CT molecular complexity index is 203. The fraction of sp³-hybridized carbons (Fsp3) is 0.923. The highest BCUT2D eigenvalue weighted by molar-refractivity contribution is 5.81. The van der Waals surface area contributed by atoms with Crippen LogP contribution in [0.2, 0.25) is 0 Å². The molecule has 0 aromatic rings. The SMILES string of the molecule is CCN(CC)CCCNC(=O)[C@@H](N)CC(C)C. The molecule has 3 N–H and O–H groups in total. The average Bonchev–Trinajstić information content (AvgIpc) is 2.28. The molecule has 0 aromatic carbocycles. The maximum atomic E-state index is 11.6. The van der Waals surface area contributed by atoms with E-state index in [-0.39, 0.29) is 11.9 Å². The predicted octanol–water partition coefficient (Wildman–Crippen LogP) is 1.21. The van der Waals surface area contributed by atoms with Gasteiger partial charge >= 0.3 is 0 Å². The molecule has 0 aliphatic rings. The van der Waals surface area contributed by atoms with Crippen LogP contribution in [-0.4, -0.2) is 43.0 Å². The molecule has 4 nitrogen and oxygen atoms in total. The maximum Gasteiger partial charge on any atom is 0.236 e. The lowest BCUT2D eigenvalue weighted by Gasteiger charge is -2.18. The fourth-order valence-electron chi connectivity index (χ4n) is 1.80. The lowest BCUT2D eigenvalue weighted by molar-refractivity contribution is -0.122. The molecule has 0 heterocycles. The summed E-state index contributed by atoms with van der Waals surface area (Å²) < 4.78 is 0. The molecule has 0 radical (unpaired) electrons. The maximum absolute atomic E-state index is 11.6. The normalized spacial score (nSPS) is 13.1. The lowest BCUT2D eigenvalue weighted by atomic mass is 10.0. The van der Waals surface area contributed by atoms with Crippen molar-refractivity contribution in [2.75, 3.05) is 26.2 Å². The lowest BCUT2D eigenvalue weighted by Crippen LogP contribution is -2.42. The Hall–Kier alpha value is -0.610. The average molecular weight is 243 g/mol. The van der Waals surface area contributed by atoms with Gasteiger partial charge in [-0.1, -0.05) is 27.7 Å². The van der Waals surface area contributed by atoms with E-state index in [0.29, 0.717) is 5.92 Å². The van der Waals surface area contributed by atoms with Crippen LogP contribution in [0.25, 0.3) is 0 Å². The molecular formula is C13H29N3O. The summed E-state index contributed by atoms with van der Waals surface area (Å²) in [5.74, 6) is 0.449. The summed E-state index contributed by atoms with van der Waals surface area (Å²) in [4.78, 5) is 14.0. The minimum Gasteiger partial charge on any atom is -0.355 e. The Morgan fingerprint density at radius 1 is 1.29 bits per heavy atom. The molecule has 17 heavy (non-hydrogen) atoms. The van der Waals surface area contributed by atoms with E-state index in [1.807, 2.05) is 0 Å². The van der Waals surface area contributed by atoms with Gasteiger partial charge in [0.15, 0.2) is 0 Å². The van der Waals surface area contributed by atoms with Gasteiger partial charge in [0.25, 0.3) is 0 Å². The monoisotopic (exact) mass is 243 g/mol. The van der Waals surface area contributed by atoms with Crippen LogP contribution in [0.5, 0.6) is 0 Å². The van der Waals surface area contributed by atoms with Crippen molar-refractivity contribution in [1.82, 2.24) is 10.2 Å². The van der Waals surface area contributed by atoms with Gasteiger partial charge in [-0.05, 0) is 38.4 Å². The number of nitrogens with two attached hydrogens (primary N) is 1. The Balaban J connectivity index is 3.63. The molecule has 0 aromatic heterocycles. The number of hydrogen-bond acceptors (Lipinski definition) is 3. The van der Waals surface area contributed by atoms with Crippen molar-refractivity contribution in [2.24, 2.45) is 11.7 Å². The van der Waals surface area contributed by atoms with Gasteiger partial charge < -0.3 is 16.0 Å². The van der Waals surface area contributed by atoms with E-state index in [1.54, 1.807) is 0 Å². The molecule has 0 aliphatic carbocycles. The van der Waals surface area contributed by atoms with Crippen molar-refractivity contribution in [3.05, 3.63) is 0 Å². The molecule has 0 unspecified atom stereocenters. The number of amides is 1. The molecule has 0 rings (SSSR count). The summed E-state index contributed by atoms with van der Waals surface area (Å²) in [7, 11) is 0. The second kappa shape index (κ2) is 9.42. The van der Waals surface area contributed by atoms with Gasteiger partial charge in [0.1, 0.15) is 0 Å². The van der Waals surface area contributed by atoms with E-state index in [2.05, 4.69) is 37.9 Å². The first-order valence-electron chi connectivity index (χ1n) is 6.76. The zero-order valence-corrected chi connectivity index (χ0v) is 11.8. The molecule has 0 fully saturated rings. The fourth-order valence-corrected chi connectivity index (χ4v) is 1.80. The van der Waals surface area contributed by atoms with Gasteiger partial charge in [-0.25, -0.2) is 0 Å². The quantitative estimate of drug-likeness (QED) is 0.598. The minimum absolute atomic E-state index is 0.0155. The van der Waals surface area contributed by atoms with E-state index in [1.165, 1.54) is 0 Å². The summed E-state index contributed by atoms with van der Waals surface area (Å²) >= 11 is 0. The molecule has 0 saturated carbocycles. The molecule has 0 bridgehead atoms. The number of carbonyl (C=O) groups excluding carboxylic acids is 1. The summed E-state index contributed by atoms with van der Waals surface area (Å²) in [6, 6.07) is -0.358. The van der Waals surface area contributed by atoms with E-state index in [4.69, 9.17) is 5.73 Å². The summed E-state index contributed by atoms with van der Waals surface area (Å²) in [5.41, 5.74) is 5.79. The molecule has 1 atom stereocenters. The first kappa shape index (κ1) is 16.4. The van der Waals surface area contributed by atoms with E-state index >= 15 is 0 Å². The highest BCUT2D eigenvalue weighted by atomic mass is 16.2. The second-order valence-corrected chi connectivity index (χ2v) is 4.91. The Morgan fingerprint density at radius 2 is 1.88 bits per heavy atom. The van der Waals surface area contributed by atoms with Gasteiger partial charge in [-0.2, -0.15) is 0 Å². The van der Waals surface area contributed by atoms with Gasteiger partial charge in [-0.15, -0.1) is 0 Å². The van der Waals surface area contributed by atoms with Crippen molar-refractivity contribution in [2.45, 2.75) is 46.6 Å². The summed E-state index contributed by atoms with van der Waals surface area (Å²) in [6.45, 7) is 12.4. The molecule has 1 amide bonds. The van der Waals surface area contributed by atoms with E-state index in [9.17, 15) is 4.79 Å². The smallest absolute Gasteiger partial charge is 0.236 e. The predicted molar refractivity (Wildman–Crippen MR) is 72.8 cm³/mol. The van der Waals surface area contributed by atoms with Gasteiger partial charge in [-0.3, -0.25) is 4.79 Å². The van der Waals surface area contributed by atoms with Crippen molar-refractivity contribution in [3.8, 4) is 0 Å². The number of rotatable bonds is 9. The first-order chi connectivity index (χ1) is 8.01. The molecule has 102 valence electrons. The van der Waals surface area contributed by atoms with Gasteiger partial charge in [0.05, 0.1) is 6.04 Å². The third-order valence-corrected chi connectivity index (χ3v) is 2.91. The summed E-state index contributed by atoms with van der Waals surface area (Å²) in [6.07, 6.45) is 1.74. The van der Waals surface area contributed by atoms with Crippen LogP contribution in [-0.2, 0) is 4.79 Å². The Kier molecular flexibility index (Phi) is 9.09. The van der Waals surface area contributed by atoms with Crippen molar-refractivity contribution < 1.29 is 4.79 Å². The van der Waals surface area contributed by atoms with Crippen LogP contribution in [0.4, 0.5) is 0 Å². The van der Waals surface area contributed by atoms with Crippen molar-refractivity contribution in [1.29, 1.82) is 0 Å². The zero-order chi connectivity index (χ0) is 13.3. The Morgan fingerprint density at radius 3 is 2.35 bits per heavy atom. The van der Waals surface area contributed by atoms with Crippen molar-refractivity contribution in [3.63, 3.8) is 0 Å². The highest BCUT2D eigenvalue weighted by Crippen LogP contribution is 2.02. The van der Waals surface area contributed by atoms with Crippen LogP contribution in [0.3, 0.4) is 0 Å². The number of nitrogens with one attached hydrogen (secondary N) is 1. The zero-order valence-electron chi connectivity index (χ0n) is 11.8. The molecule has 0 spiro atoms. The van der Waals surface area contributed by atoms with Crippen LogP contribution >= 0.6 is 0 Å². The van der Waals surface area contributed by atoms with E-state index in [0.717, 1.165) is 39.0 Å². The van der Waals surface area contributed by atoms with Crippen LogP contribution in [0.1, 0.15) is 40.5 Å². The van der Waals surface area contributed by atoms with Crippen LogP contribution in [0, 0.1) is 5.92 Å². The highest BCUT2D eigenvalue weighted by Gasteiger charge is 2.13. The van der Waals surface area contributed by atoms with Crippen LogP contribution < -0.4 is 11.1 Å². The van der Waals surface area contributed by atoms with Gasteiger partial charge in [0.2, 0.25) is 5.91 Å². The molecule has 0 saturated heterocycles. The Labute approximate surface area is 106 Å². The summed E-state index contributed by atoms with van der Waals surface area (Å²) in [5, 5.41) is 2.90. The van der Waals surface area contributed by atoms with Crippen molar-refractivity contribution >= 4 is 5.91 Å². The topological polar surface area (TPSA) is 58.4 Å². The molecular weight excluding hydrogens is 214 g/mol. The number of carbonyl (C=O) groups is 1. The van der Waals surface area contributed by atoms with Gasteiger partial charge in [0, 0.05) is 6.54 Å². The third kappa shape index (κ3) is 8.16.